The van der Waals surface area contributed by atoms with Gasteiger partial charge in [-0.05, 0) is 42.5 Å². The van der Waals surface area contributed by atoms with Crippen molar-refractivity contribution in [3.05, 3.63) is 58.9 Å². The van der Waals surface area contributed by atoms with Gasteiger partial charge in [0.2, 0.25) is 5.91 Å². The molecule has 0 saturated carbocycles. The van der Waals surface area contributed by atoms with Crippen LogP contribution in [-0.2, 0) is 4.79 Å². The second-order valence-corrected chi connectivity index (χ2v) is 7.43. The summed E-state index contributed by atoms with van der Waals surface area (Å²) < 4.78 is 13.8. The molecule has 2 aromatic rings. The molecule has 0 radical (unpaired) electrons. The molecule has 146 valence electrons. The molecule has 3 rings (SSSR count). The minimum atomic E-state index is -0.562. The molecule has 9 heteroatoms. The van der Waals surface area contributed by atoms with Crippen molar-refractivity contribution in [2.75, 3.05) is 18.1 Å². The number of nitriles is 1. The Labute approximate surface area is 178 Å². The van der Waals surface area contributed by atoms with Crippen LogP contribution >= 0.6 is 35.8 Å². The van der Waals surface area contributed by atoms with Gasteiger partial charge in [-0.1, -0.05) is 23.4 Å². The van der Waals surface area contributed by atoms with Gasteiger partial charge in [-0.25, -0.2) is 9.38 Å². The first-order valence-electron chi connectivity index (χ1n) is 8.15. The predicted molar refractivity (Wildman–Crippen MR) is 114 cm³/mol. The largest absolute Gasteiger partial charge is 0.350 e. The Morgan fingerprint density at radius 3 is 2.75 bits per heavy atom. The highest BCUT2D eigenvalue weighted by Crippen LogP contribution is 2.28. The first-order chi connectivity index (χ1) is 13.0. The molecule has 1 heterocycles. The number of carbonyl (C=O) groups is 1. The number of carbonyl (C=O) groups excluding carboxylic acids is 1. The Kier molecular flexibility index (Phi) is 7.69. The van der Waals surface area contributed by atoms with Crippen molar-refractivity contribution in [2.24, 2.45) is 4.99 Å². The van der Waals surface area contributed by atoms with Crippen LogP contribution in [0.15, 0.2) is 47.5 Å². The van der Waals surface area contributed by atoms with E-state index in [0.717, 1.165) is 16.9 Å². The summed E-state index contributed by atoms with van der Waals surface area (Å²) in [7, 11) is 1.88. The lowest BCUT2D eigenvalue weighted by Gasteiger charge is -2.20. The van der Waals surface area contributed by atoms with Crippen LogP contribution in [-0.4, -0.2) is 34.8 Å². The highest BCUT2D eigenvalue weighted by atomic mass is 35.5. The minimum absolute atomic E-state index is 0. The lowest BCUT2D eigenvalue weighted by atomic mass is 10.2. The fraction of sp³-hybridized carbons (Fsp3) is 0.211. The number of halogens is 3. The van der Waals surface area contributed by atoms with E-state index in [1.807, 2.05) is 11.9 Å². The summed E-state index contributed by atoms with van der Waals surface area (Å²) in [5, 5.41) is 12.5. The third-order valence-corrected chi connectivity index (χ3v) is 5.53. The van der Waals surface area contributed by atoms with Crippen LogP contribution in [0.3, 0.4) is 0 Å². The Bertz CT molecular complexity index is 931. The zero-order chi connectivity index (χ0) is 19.4. The molecule has 1 amide bonds. The van der Waals surface area contributed by atoms with E-state index in [2.05, 4.69) is 16.4 Å². The molecule has 1 aliphatic heterocycles. The summed E-state index contributed by atoms with van der Waals surface area (Å²) in [6.45, 7) is 0. The van der Waals surface area contributed by atoms with Crippen molar-refractivity contribution in [1.29, 1.82) is 5.26 Å². The SMILES string of the molecule is CN1C(=Nc2ccc(C#N)cc2)SCC1CC(=O)Nc1ccc(Cl)cc1F.Cl. The standard InChI is InChI=1S/C19H16ClFN4OS.ClH/c1-25-15(9-18(26)24-17-7-4-13(20)8-16(17)21)11-27-19(25)23-14-5-2-12(10-22)3-6-14;/h2-8,15H,9,11H2,1H3,(H,24,26);1H. The Morgan fingerprint density at radius 1 is 1.39 bits per heavy atom. The molecule has 1 saturated heterocycles. The van der Waals surface area contributed by atoms with Gasteiger partial charge in [-0.15, -0.1) is 12.4 Å². The van der Waals surface area contributed by atoms with Crippen molar-refractivity contribution in [2.45, 2.75) is 12.5 Å². The minimum Gasteiger partial charge on any atom is -0.350 e. The van der Waals surface area contributed by atoms with Crippen LogP contribution in [0.25, 0.3) is 0 Å². The van der Waals surface area contributed by atoms with Gasteiger partial charge in [0.25, 0.3) is 0 Å². The second kappa shape index (κ2) is 9.78. The smallest absolute Gasteiger partial charge is 0.226 e. The lowest BCUT2D eigenvalue weighted by molar-refractivity contribution is -0.116. The molecule has 28 heavy (non-hydrogen) atoms. The number of rotatable bonds is 4. The number of thioether (sulfide) groups is 1. The molecule has 5 nitrogen and oxygen atoms in total. The summed E-state index contributed by atoms with van der Waals surface area (Å²) in [5.41, 5.74) is 1.44. The molecule has 0 spiro atoms. The van der Waals surface area contributed by atoms with Crippen molar-refractivity contribution in [1.82, 2.24) is 4.90 Å². The number of amides is 1. The number of nitrogens with one attached hydrogen (secondary N) is 1. The maximum atomic E-state index is 13.8. The molecule has 0 bridgehead atoms. The van der Waals surface area contributed by atoms with Crippen LogP contribution < -0.4 is 5.32 Å². The van der Waals surface area contributed by atoms with Crippen molar-refractivity contribution in [3.63, 3.8) is 0 Å². The van der Waals surface area contributed by atoms with E-state index in [1.54, 1.807) is 36.0 Å². The van der Waals surface area contributed by atoms with Crippen LogP contribution in [0.4, 0.5) is 15.8 Å². The lowest BCUT2D eigenvalue weighted by Crippen LogP contribution is -2.33. The van der Waals surface area contributed by atoms with Gasteiger partial charge in [0.05, 0.1) is 23.0 Å². The first-order valence-corrected chi connectivity index (χ1v) is 9.52. The van der Waals surface area contributed by atoms with E-state index < -0.39 is 5.82 Å². The van der Waals surface area contributed by atoms with E-state index in [1.165, 1.54) is 12.1 Å². The van der Waals surface area contributed by atoms with E-state index in [-0.39, 0.29) is 41.5 Å². The van der Waals surface area contributed by atoms with Gasteiger partial charge in [0.1, 0.15) is 5.82 Å². The van der Waals surface area contributed by atoms with Gasteiger partial charge in [-0.3, -0.25) is 4.79 Å². The fourth-order valence-corrected chi connectivity index (χ4v) is 3.94. The molecule has 2 aromatic carbocycles. The number of hydrogen-bond donors (Lipinski definition) is 1. The van der Waals surface area contributed by atoms with E-state index >= 15 is 0 Å². The molecule has 1 atom stereocenters. The maximum absolute atomic E-state index is 13.8. The third kappa shape index (κ3) is 5.38. The monoisotopic (exact) mass is 438 g/mol. The number of aliphatic imine (C=N–C) groups is 1. The zero-order valence-corrected chi connectivity index (χ0v) is 17.2. The topological polar surface area (TPSA) is 68.5 Å². The van der Waals surface area contributed by atoms with E-state index in [4.69, 9.17) is 16.9 Å². The molecular weight excluding hydrogens is 422 g/mol. The highest BCUT2D eigenvalue weighted by molar-refractivity contribution is 8.14. The summed E-state index contributed by atoms with van der Waals surface area (Å²) in [5.74, 6) is -0.122. The van der Waals surface area contributed by atoms with Crippen LogP contribution in [0.1, 0.15) is 12.0 Å². The molecule has 1 fully saturated rings. The van der Waals surface area contributed by atoms with E-state index in [0.29, 0.717) is 11.3 Å². The fourth-order valence-electron chi connectivity index (χ4n) is 2.57. The quantitative estimate of drug-likeness (QED) is 0.741. The summed E-state index contributed by atoms with van der Waals surface area (Å²) in [6, 6.07) is 13.2. The Hall–Kier alpha value is -2.27. The van der Waals surface area contributed by atoms with E-state index in [9.17, 15) is 9.18 Å². The van der Waals surface area contributed by atoms with Gasteiger partial charge < -0.3 is 10.2 Å². The third-order valence-electron chi connectivity index (χ3n) is 4.10. The normalized spacial score (nSPS) is 17.1. The van der Waals surface area contributed by atoms with Gasteiger partial charge in [0, 0.05) is 30.3 Å². The number of anilines is 1. The number of hydrogen-bond acceptors (Lipinski definition) is 4. The van der Waals surface area contributed by atoms with Gasteiger partial charge in [0.15, 0.2) is 5.17 Å². The van der Waals surface area contributed by atoms with Crippen molar-refractivity contribution < 1.29 is 9.18 Å². The zero-order valence-electron chi connectivity index (χ0n) is 14.9. The summed E-state index contributed by atoms with van der Waals surface area (Å²) in [4.78, 5) is 18.8. The highest BCUT2D eigenvalue weighted by Gasteiger charge is 2.29. The van der Waals surface area contributed by atoms with Crippen LogP contribution in [0.2, 0.25) is 5.02 Å². The maximum Gasteiger partial charge on any atom is 0.226 e. The summed E-state index contributed by atoms with van der Waals surface area (Å²) in [6.07, 6.45) is 0.220. The molecule has 0 aromatic heterocycles. The second-order valence-electron chi connectivity index (χ2n) is 6.01. The van der Waals surface area contributed by atoms with Crippen molar-refractivity contribution in [3.8, 4) is 6.07 Å². The first kappa shape index (κ1) is 22.0. The Balaban J connectivity index is 0.00000280. The van der Waals surface area contributed by atoms with Gasteiger partial charge in [-0.2, -0.15) is 5.26 Å². The molecule has 1 unspecified atom stereocenters. The predicted octanol–water partition coefficient (Wildman–Crippen LogP) is 4.84. The van der Waals surface area contributed by atoms with Crippen molar-refractivity contribution >= 4 is 58.2 Å². The average molecular weight is 439 g/mol. The Morgan fingerprint density at radius 2 is 2.11 bits per heavy atom. The summed E-state index contributed by atoms with van der Waals surface area (Å²) >= 11 is 7.27. The van der Waals surface area contributed by atoms with Crippen LogP contribution in [0, 0.1) is 17.1 Å². The number of benzene rings is 2. The molecule has 1 N–H and O–H groups in total. The van der Waals surface area contributed by atoms with Gasteiger partial charge >= 0.3 is 0 Å². The molecule has 1 aliphatic rings. The number of nitrogens with zero attached hydrogens (tertiary/aromatic N) is 3. The average Bonchev–Trinajstić information content (AvgIpc) is 2.98. The van der Waals surface area contributed by atoms with Crippen LogP contribution in [0.5, 0.6) is 0 Å². The molecule has 0 aliphatic carbocycles. The molecular formula is C19H17Cl2FN4OS. The number of amidine groups is 1.